The van der Waals surface area contributed by atoms with Gasteiger partial charge in [-0.05, 0) is 24.6 Å². The molecule has 6 heteroatoms. The van der Waals surface area contributed by atoms with E-state index in [1.165, 1.54) is 11.6 Å². The van der Waals surface area contributed by atoms with Crippen molar-refractivity contribution in [1.82, 2.24) is 14.9 Å². The highest BCUT2D eigenvalue weighted by atomic mass is 16.5. The third kappa shape index (κ3) is 3.65. The van der Waals surface area contributed by atoms with Gasteiger partial charge in [-0.15, -0.1) is 0 Å². The van der Waals surface area contributed by atoms with Crippen LogP contribution >= 0.6 is 0 Å². The maximum atomic E-state index is 11.7. The van der Waals surface area contributed by atoms with E-state index in [0.717, 1.165) is 30.9 Å². The zero-order chi connectivity index (χ0) is 17.2. The lowest BCUT2D eigenvalue weighted by Crippen LogP contribution is -2.40. The van der Waals surface area contributed by atoms with Crippen LogP contribution in [0.4, 0.5) is 0 Å². The molecule has 1 N–H and O–H groups in total. The zero-order valence-corrected chi connectivity index (χ0v) is 14.2. The van der Waals surface area contributed by atoms with Gasteiger partial charge in [0.15, 0.2) is 0 Å². The summed E-state index contributed by atoms with van der Waals surface area (Å²) < 4.78 is 11.7. The number of aromatic amines is 1. The first-order chi connectivity index (χ1) is 12.2. The number of fused-ring (bicyclic) bond motifs is 1. The Bertz CT molecular complexity index is 859. The van der Waals surface area contributed by atoms with Gasteiger partial charge in [0.25, 0.3) is 5.56 Å². The topological polar surface area (TPSA) is 67.5 Å². The summed E-state index contributed by atoms with van der Waals surface area (Å²) in [7, 11) is 0. The van der Waals surface area contributed by atoms with Crippen LogP contribution < -0.4 is 10.3 Å². The van der Waals surface area contributed by atoms with Gasteiger partial charge in [-0.3, -0.25) is 9.69 Å². The molecule has 1 atom stereocenters. The first-order valence-electron chi connectivity index (χ1n) is 8.50. The van der Waals surface area contributed by atoms with Crippen LogP contribution in [-0.4, -0.2) is 47.7 Å². The number of ether oxygens (including phenoxy) is 2. The average Bonchev–Trinajstić information content (AvgIpc) is 2.61. The SMILES string of the molecule is Cc1nc([C@@H]2CN(CC3=Cc4ccccc4OC3)CCO2)cc(=O)[nH]1. The molecule has 0 bridgehead atoms. The fraction of sp³-hybridized carbons (Fsp3) is 0.368. The number of morpholine rings is 1. The lowest BCUT2D eigenvalue weighted by atomic mass is 10.1. The van der Waals surface area contributed by atoms with E-state index in [1.807, 2.05) is 18.2 Å². The predicted octanol–water partition coefficient (Wildman–Crippen LogP) is 1.93. The molecule has 2 aromatic rings. The number of nitrogens with zero attached hydrogens (tertiary/aromatic N) is 2. The normalized spacial score (nSPS) is 20.5. The molecule has 1 saturated heterocycles. The van der Waals surface area contributed by atoms with Crippen molar-refractivity contribution < 1.29 is 9.47 Å². The summed E-state index contributed by atoms with van der Waals surface area (Å²) in [5, 5.41) is 0. The van der Waals surface area contributed by atoms with Crippen molar-refractivity contribution in [3.05, 3.63) is 63.3 Å². The zero-order valence-electron chi connectivity index (χ0n) is 14.2. The molecule has 2 aliphatic rings. The van der Waals surface area contributed by atoms with Gasteiger partial charge in [-0.2, -0.15) is 0 Å². The molecule has 0 radical (unpaired) electrons. The molecule has 2 aliphatic heterocycles. The second-order valence-corrected chi connectivity index (χ2v) is 6.48. The fourth-order valence-electron chi connectivity index (χ4n) is 3.33. The minimum absolute atomic E-state index is 0.136. The number of hydrogen-bond donors (Lipinski definition) is 1. The largest absolute Gasteiger partial charge is 0.489 e. The minimum Gasteiger partial charge on any atom is -0.489 e. The molecule has 0 aliphatic carbocycles. The van der Waals surface area contributed by atoms with E-state index in [1.54, 1.807) is 6.92 Å². The highest BCUT2D eigenvalue weighted by Gasteiger charge is 2.25. The van der Waals surface area contributed by atoms with Crippen LogP contribution in [0.25, 0.3) is 6.08 Å². The molecule has 1 fully saturated rings. The molecule has 130 valence electrons. The van der Waals surface area contributed by atoms with E-state index in [2.05, 4.69) is 27.0 Å². The highest BCUT2D eigenvalue weighted by Crippen LogP contribution is 2.27. The number of para-hydroxylation sites is 1. The van der Waals surface area contributed by atoms with Gasteiger partial charge in [0.1, 0.15) is 24.3 Å². The third-order valence-corrected chi connectivity index (χ3v) is 4.48. The molecule has 25 heavy (non-hydrogen) atoms. The molecule has 3 heterocycles. The molecule has 0 spiro atoms. The van der Waals surface area contributed by atoms with Crippen LogP contribution in [0.5, 0.6) is 5.75 Å². The van der Waals surface area contributed by atoms with E-state index in [-0.39, 0.29) is 11.7 Å². The van der Waals surface area contributed by atoms with E-state index >= 15 is 0 Å². The van der Waals surface area contributed by atoms with E-state index in [0.29, 0.717) is 24.7 Å². The summed E-state index contributed by atoms with van der Waals surface area (Å²) in [5.74, 6) is 1.55. The lowest BCUT2D eigenvalue weighted by Gasteiger charge is -2.33. The van der Waals surface area contributed by atoms with E-state index < -0.39 is 0 Å². The molecule has 0 unspecified atom stereocenters. The number of H-pyrrole nitrogens is 1. The van der Waals surface area contributed by atoms with Crippen LogP contribution in [-0.2, 0) is 4.74 Å². The van der Waals surface area contributed by atoms with Crippen LogP contribution in [0, 0.1) is 6.92 Å². The summed E-state index contributed by atoms with van der Waals surface area (Å²) in [6, 6.07) is 9.60. The maximum absolute atomic E-state index is 11.7. The van der Waals surface area contributed by atoms with Gasteiger partial charge < -0.3 is 14.5 Å². The van der Waals surface area contributed by atoms with Crippen molar-refractivity contribution in [2.24, 2.45) is 0 Å². The lowest BCUT2D eigenvalue weighted by molar-refractivity contribution is -0.0296. The third-order valence-electron chi connectivity index (χ3n) is 4.48. The molecular weight excluding hydrogens is 318 g/mol. The Labute approximate surface area is 146 Å². The average molecular weight is 339 g/mol. The van der Waals surface area contributed by atoms with Gasteiger partial charge in [0, 0.05) is 31.3 Å². The maximum Gasteiger partial charge on any atom is 0.251 e. The second-order valence-electron chi connectivity index (χ2n) is 6.48. The number of aromatic nitrogens is 2. The van der Waals surface area contributed by atoms with Crippen molar-refractivity contribution in [3.63, 3.8) is 0 Å². The van der Waals surface area contributed by atoms with Crippen molar-refractivity contribution in [2.75, 3.05) is 32.8 Å². The summed E-state index contributed by atoms with van der Waals surface area (Å²) in [4.78, 5) is 21.1. The van der Waals surface area contributed by atoms with Gasteiger partial charge in [-0.1, -0.05) is 18.2 Å². The molecule has 4 rings (SSSR count). The summed E-state index contributed by atoms with van der Waals surface area (Å²) in [5.41, 5.74) is 2.93. The molecule has 0 amide bonds. The molecule has 0 saturated carbocycles. The Hall–Kier alpha value is -2.44. The number of rotatable bonds is 3. The van der Waals surface area contributed by atoms with Gasteiger partial charge >= 0.3 is 0 Å². The Balaban J connectivity index is 1.47. The van der Waals surface area contributed by atoms with E-state index in [4.69, 9.17) is 9.47 Å². The van der Waals surface area contributed by atoms with Crippen molar-refractivity contribution in [1.29, 1.82) is 0 Å². The van der Waals surface area contributed by atoms with Crippen LogP contribution in [0.1, 0.15) is 23.2 Å². The standard InChI is InChI=1S/C19H21N3O3/c1-13-20-16(9-19(23)21-13)18-11-22(6-7-24-18)10-14-8-15-4-2-3-5-17(15)25-12-14/h2-5,8-9,18H,6-7,10-12H2,1H3,(H,20,21,23)/t18-/m0/s1. The van der Waals surface area contributed by atoms with Crippen molar-refractivity contribution in [2.45, 2.75) is 13.0 Å². The number of hydrogen-bond acceptors (Lipinski definition) is 5. The predicted molar refractivity (Wildman–Crippen MR) is 94.6 cm³/mol. The highest BCUT2D eigenvalue weighted by molar-refractivity contribution is 5.62. The molecule has 1 aromatic heterocycles. The number of aryl methyl sites for hydroxylation is 1. The monoisotopic (exact) mass is 339 g/mol. The molecule has 1 aromatic carbocycles. The molecular formula is C19H21N3O3. The van der Waals surface area contributed by atoms with Crippen LogP contribution in [0.3, 0.4) is 0 Å². The molecule has 6 nitrogen and oxygen atoms in total. The first-order valence-corrected chi connectivity index (χ1v) is 8.50. The Morgan fingerprint density at radius 3 is 3.12 bits per heavy atom. The minimum atomic E-state index is -0.174. The summed E-state index contributed by atoms with van der Waals surface area (Å²) >= 11 is 0. The first kappa shape index (κ1) is 16.1. The van der Waals surface area contributed by atoms with Crippen LogP contribution in [0.2, 0.25) is 0 Å². The van der Waals surface area contributed by atoms with Gasteiger partial charge in [0.05, 0.1) is 12.3 Å². The van der Waals surface area contributed by atoms with Crippen LogP contribution in [0.15, 0.2) is 40.7 Å². The quantitative estimate of drug-likeness (QED) is 0.925. The summed E-state index contributed by atoms with van der Waals surface area (Å²) in [6.45, 7) is 5.43. The number of benzene rings is 1. The second kappa shape index (κ2) is 6.82. The van der Waals surface area contributed by atoms with Crippen molar-refractivity contribution in [3.8, 4) is 5.75 Å². The van der Waals surface area contributed by atoms with E-state index in [9.17, 15) is 4.79 Å². The smallest absolute Gasteiger partial charge is 0.251 e. The fourth-order valence-corrected chi connectivity index (χ4v) is 3.33. The number of nitrogens with one attached hydrogen (secondary N) is 1. The van der Waals surface area contributed by atoms with Gasteiger partial charge in [0.2, 0.25) is 0 Å². The Morgan fingerprint density at radius 2 is 2.24 bits per heavy atom. The van der Waals surface area contributed by atoms with Crippen molar-refractivity contribution >= 4 is 6.08 Å². The Morgan fingerprint density at radius 1 is 1.36 bits per heavy atom. The Kier molecular flexibility index (Phi) is 4.38. The summed E-state index contributed by atoms with van der Waals surface area (Å²) in [6.07, 6.45) is 2.03. The van der Waals surface area contributed by atoms with Gasteiger partial charge in [-0.25, -0.2) is 4.98 Å².